The van der Waals surface area contributed by atoms with E-state index in [9.17, 15) is 15.8 Å². The van der Waals surface area contributed by atoms with Gasteiger partial charge in [0.05, 0.1) is 28.5 Å². The molecule has 0 fully saturated rings. The van der Waals surface area contributed by atoms with E-state index in [1.54, 1.807) is 6.07 Å². The number of hydrogen-bond donors (Lipinski definition) is 1. The second-order valence-electron chi connectivity index (χ2n) is 7.63. The number of benzene rings is 2. The van der Waals surface area contributed by atoms with Crippen molar-refractivity contribution in [2.45, 2.75) is 20.5 Å². The predicted octanol–water partition coefficient (Wildman–Crippen LogP) is 5.15. The zero-order valence-electron chi connectivity index (χ0n) is 18.2. The zero-order valence-corrected chi connectivity index (χ0v) is 18.2. The number of nitrogen functional groups attached to an aromatic ring is 1. The highest BCUT2D eigenvalue weighted by atomic mass is 16.5. The minimum Gasteiger partial charge on any atom is -0.489 e. The number of ether oxygens (including phenoxy) is 1. The highest BCUT2D eigenvalue weighted by molar-refractivity contribution is 6.08. The lowest BCUT2D eigenvalue weighted by Gasteiger charge is -2.11. The number of nitrogens with zero attached hydrogens (tertiary/aromatic N) is 4. The first-order valence-electron chi connectivity index (χ1n) is 10.2. The summed E-state index contributed by atoms with van der Waals surface area (Å²) >= 11 is 0. The Morgan fingerprint density at radius 1 is 0.970 bits per heavy atom. The summed E-state index contributed by atoms with van der Waals surface area (Å²) in [5, 5.41) is 28.4. The molecule has 0 amide bonds. The summed E-state index contributed by atoms with van der Waals surface area (Å²) in [5.41, 5.74) is 12.7. The van der Waals surface area contributed by atoms with E-state index in [1.807, 2.05) is 62.4 Å². The highest BCUT2D eigenvalue weighted by Crippen LogP contribution is 2.44. The summed E-state index contributed by atoms with van der Waals surface area (Å²) < 4.78 is 5.85. The number of nitriles is 3. The van der Waals surface area contributed by atoms with Crippen LogP contribution in [0, 0.1) is 40.9 Å². The van der Waals surface area contributed by atoms with E-state index < -0.39 is 0 Å². The molecule has 1 aliphatic carbocycles. The minimum atomic E-state index is 0.134. The molecule has 1 aliphatic rings. The molecule has 158 valence electrons. The van der Waals surface area contributed by atoms with Crippen LogP contribution in [0.1, 0.15) is 46.0 Å². The van der Waals surface area contributed by atoms with Crippen LogP contribution in [-0.4, -0.2) is 4.98 Å². The van der Waals surface area contributed by atoms with Crippen LogP contribution < -0.4 is 10.5 Å². The molecule has 0 aliphatic heterocycles. The Kier molecular flexibility index (Phi) is 5.64. The summed E-state index contributed by atoms with van der Waals surface area (Å²) in [7, 11) is 0. The average molecular weight is 429 g/mol. The molecule has 33 heavy (non-hydrogen) atoms. The van der Waals surface area contributed by atoms with Crippen LogP contribution in [-0.2, 0) is 6.61 Å². The van der Waals surface area contributed by atoms with Gasteiger partial charge in [0.2, 0.25) is 0 Å². The fourth-order valence-electron chi connectivity index (χ4n) is 3.94. The summed E-state index contributed by atoms with van der Waals surface area (Å²) in [6, 6.07) is 21.4. The summed E-state index contributed by atoms with van der Waals surface area (Å²) in [5.74, 6) is 0.814. The standard InChI is InChI=1S/C27H19N5O/c1-16-22(25-17(2)24(14-30)27(31)32-26(25)23(16)13-29)11-18-7-9-21(10-8-18)33-15-20-6-4-3-5-19(20)12-28/h3-11H,15H2,1-2H3,(H2,31,32)/b22-11-. The third-order valence-corrected chi connectivity index (χ3v) is 5.71. The van der Waals surface area contributed by atoms with Crippen molar-refractivity contribution in [3.05, 3.63) is 93.2 Å². The lowest BCUT2D eigenvalue weighted by Crippen LogP contribution is -2.03. The lowest BCUT2D eigenvalue weighted by molar-refractivity contribution is 0.306. The zero-order chi connectivity index (χ0) is 23.5. The highest BCUT2D eigenvalue weighted by Gasteiger charge is 2.29. The maximum atomic E-state index is 9.68. The molecule has 1 heterocycles. The van der Waals surface area contributed by atoms with Crippen LogP contribution in [0.5, 0.6) is 5.75 Å². The Labute approximate surface area is 192 Å². The fraction of sp³-hybridized carbons (Fsp3) is 0.111. The summed E-state index contributed by atoms with van der Waals surface area (Å²) in [4.78, 5) is 4.35. The molecule has 0 radical (unpaired) electrons. The van der Waals surface area contributed by atoms with E-state index in [0.29, 0.717) is 40.3 Å². The van der Waals surface area contributed by atoms with Crippen molar-refractivity contribution in [1.82, 2.24) is 4.98 Å². The van der Waals surface area contributed by atoms with Gasteiger partial charge in [0.15, 0.2) is 0 Å². The number of aromatic nitrogens is 1. The molecule has 2 aromatic carbocycles. The molecule has 0 saturated heterocycles. The van der Waals surface area contributed by atoms with Gasteiger partial charge in [-0.3, -0.25) is 0 Å². The SMILES string of the molecule is CC1=C(C#N)c2nc(N)c(C#N)c(C)c2/C1=C\c1ccc(OCc2ccccc2C#N)cc1. The number of allylic oxidation sites excluding steroid dienone is 3. The van der Waals surface area contributed by atoms with Crippen LogP contribution in [0.4, 0.5) is 5.82 Å². The molecule has 6 nitrogen and oxygen atoms in total. The molecule has 0 atom stereocenters. The van der Waals surface area contributed by atoms with E-state index in [4.69, 9.17) is 10.5 Å². The van der Waals surface area contributed by atoms with Crippen molar-refractivity contribution in [2.24, 2.45) is 0 Å². The predicted molar refractivity (Wildman–Crippen MR) is 126 cm³/mol. The van der Waals surface area contributed by atoms with Gasteiger partial charge in [0, 0.05) is 11.1 Å². The van der Waals surface area contributed by atoms with E-state index in [2.05, 4.69) is 23.2 Å². The first kappa shape index (κ1) is 21.4. The number of rotatable bonds is 4. The van der Waals surface area contributed by atoms with E-state index in [1.165, 1.54) is 0 Å². The van der Waals surface area contributed by atoms with Crippen molar-refractivity contribution < 1.29 is 4.74 Å². The fourth-order valence-corrected chi connectivity index (χ4v) is 3.94. The smallest absolute Gasteiger partial charge is 0.142 e. The van der Waals surface area contributed by atoms with Gasteiger partial charge in [0.1, 0.15) is 30.3 Å². The van der Waals surface area contributed by atoms with Crippen LogP contribution in [0.3, 0.4) is 0 Å². The molecule has 2 N–H and O–H groups in total. The van der Waals surface area contributed by atoms with Crippen LogP contribution in [0.2, 0.25) is 0 Å². The third kappa shape index (κ3) is 3.81. The molecule has 1 aromatic heterocycles. The molecular formula is C27H19N5O. The van der Waals surface area contributed by atoms with Gasteiger partial charge in [-0.05, 0) is 60.4 Å². The Morgan fingerprint density at radius 2 is 1.70 bits per heavy atom. The topological polar surface area (TPSA) is 120 Å². The number of hydrogen-bond acceptors (Lipinski definition) is 6. The van der Waals surface area contributed by atoms with E-state index >= 15 is 0 Å². The monoisotopic (exact) mass is 429 g/mol. The second kappa shape index (κ2) is 8.71. The van der Waals surface area contributed by atoms with Gasteiger partial charge < -0.3 is 10.5 Å². The maximum absolute atomic E-state index is 9.68. The number of fused-ring (bicyclic) bond motifs is 1. The normalized spacial score (nSPS) is 13.2. The van der Waals surface area contributed by atoms with Gasteiger partial charge in [-0.2, -0.15) is 15.8 Å². The Hall–Kier alpha value is -4.86. The van der Waals surface area contributed by atoms with Crippen LogP contribution in [0.25, 0.3) is 17.2 Å². The first-order valence-corrected chi connectivity index (χ1v) is 10.2. The molecule has 0 bridgehead atoms. The van der Waals surface area contributed by atoms with Crippen molar-refractivity contribution in [1.29, 1.82) is 15.8 Å². The average Bonchev–Trinajstić information content (AvgIpc) is 3.09. The molecular weight excluding hydrogens is 410 g/mol. The van der Waals surface area contributed by atoms with Gasteiger partial charge in [-0.25, -0.2) is 4.98 Å². The molecule has 0 spiro atoms. The van der Waals surface area contributed by atoms with Gasteiger partial charge in [-0.15, -0.1) is 0 Å². The molecule has 0 unspecified atom stereocenters. The molecule has 0 saturated carbocycles. The summed E-state index contributed by atoms with van der Waals surface area (Å²) in [6.07, 6.45) is 1.97. The van der Waals surface area contributed by atoms with E-state index in [-0.39, 0.29) is 5.82 Å². The van der Waals surface area contributed by atoms with Crippen LogP contribution in [0.15, 0.2) is 54.1 Å². The molecule has 4 rings (SSSR count). The van der Waals surface area contributed by atoms with Gasteiger partial charge in [0.25, 0.3) is 0 Å². The lowest BCUT2D eigenvalue weighted by atomic mass is 9.95. The van der Waals surface area contributed by atoms with Crippen LogP contribution >= 0.6 is 0 Å². The largest absolute Gasteiger partial charge is 0.489 e. The van der Waals surface area contributed by atoms with Crippen molar-refractivity contribution in [3.63, 3.8) is 0 Å². The Morgan fingerprint density at radius 3 is 2.36 bits per heavy atom. The van der Waals surface area contributed by atoms with Crippen molar-refractivity contribution >= 4 is 23.0 Å². The first-order chi connectivity index (χ1) is 16.0. The Bertz CT molecular complexity index is 1460. The number of anilines is 1. The molecule has 6 heteroatoms. The van der Waals surface area contributed by atoms with Crippen molar-refractivity contribution in [2.75, 3.05) is 5.73 Å². The number of nitrogens with two attached hydrogens (primary N) is 1. The minimum absolute atomic E-state index is 0.134. The van der Waals surface area contributed by atoms with E-state index in [0.717, 1.165) is 27.8 Å². The van der Waals surface area contributed by atoms with Gasteiger partial charge >= 0.3 is 0 Å². The third-order valence-electron chi connectivity index (χ3n) is 5.71. The Balaban J connectivity index is 1.65. The summed E-state index contributed by atoms with van der Waals surface area (Å²) in [6.45, 7) is 4.00. The van der Waals surface area contributed by atoms with Crippen molar-refractivity contribution in [3.8, 4) is 24.0 Å². The second-order valence-corrected chi connectivity index (χ2v) is 7.63. The quantitative estimate of drug-likeness (QED) is 0.613. The van der Waals surface area contributed by atoms with Gasteiger partial charge in [-0.1, -0.05) is 30.3 Å². The number of pyridine rings is 1. The maximum Gasteiger partial charge on any atom is 0.142 e. The molecule has 3 aromatic rings.